The van der Waals surface area contributed by atoms with E-state index in [0.717, 1.165) is 36.1 Å². The van der Waals surface area contributed by atoms with Crippen molar-refractivity contribution < 1.29 is 9.53 Å². The molecule has 0 saturated heterocycles. The highest BCUT2D eigenvalue weighted by Crippen LogP contribution is 2.39. The third kappa shape index (κ3) is 4.77. The van der Waals surface area contributed by atoms with Crippen LogP contribution in [-0.4, -0.2) is 18.1 Å². The van der Waals surface area contributed by atoms with E-state index in [9.17, 15) is 10.1 Å². The Morgan fingerprint density at radius 1 is 1.39 bits per heavy atom. The zero-order valence-electron chi connectivity index (χ0n) is 15.7. The Morgan fingerprint density at radius 3 is 2.82 bits per heavy atom. The molecule has 1 aromatic heterocycles. The molecule has 0 spiro atoms. The fourth-order valence-corrected chi connectivity index (χ4v) is 4.76. The summed E-state index contributed by atoms with van der Waals surface area (Å²) in [4.78, 5) is 13.4. The van der Waals surface area contributed by atoms with Crippen LogP contribution in [0.25, 0.3) is 6.08 Å². The summed E-state index contributed by atoms with van der Waals surface area (Å²) in [6.07, 6.45) is 6.11. The Bertz CT molecular complexity index is 955. The fraction of sp³-hybridized carbons (Fsp3) is 0.286. The first-order valence-electron chi connectivity index (χ1n) is 8.99. The molecule has 1 aliphatic carbocycles. The molecular formula is C21H21N3O2S2. The highest BCUT2D eigenvalue weighted by Gasteiger charge is 2.24. The number of carbonyl (C=O) groups is 1. The maximum absolute atomic E-state index is 12.1. The van der Waals surface area contributed by atoms with Crippen LogP contribution < -0.4 is 15.4 Å². The minimum absolute atomic E-state index is 0.188. The lowest BCUT2D eigenvalue weighted by atomic mass is 9.89. The van der Waals surface area contributed by atoms with E-state index in [4.69, 9.17) is 17.0 Å². The van der Waals surface area contributed by atoms with E-state index in [1.165, 1.54) is 11.0 Å². The topological polar surface area (TPSA) is 74.2 Å². The second kappa shape index (κ2) is 9.00. The normalized spacial score (nSPS) is 15.5. The van der Waals surface area contributed by atoms with Gasteiger partial charge in [0.15, 0.2) is 5.11 Å². The monoisotopic (exact) mass is 411 g/mol. The molecule has 1 aromatic carbocycles. The average molecular weight is 412 g/mol. The van der Waals surface area contributed by atoms with Gasteiger partial charge >= 0.3 is 0 Å². The van der Waals surface area contributed by atoms with E-state index >= 15 is 0 Å². The number of nitrogens with zero attached hydrogens (tertiary/aromatic N) is 1. The van der Waals surface area contributed by atoms with Gasteiger partial charge < -0.3 is 10.1 Å². The summed E-state index contributed by atoms with van der Waals surface area (Å²) in [6.45, 7) is 2.22. The van der Waals surface area contributed by atoms with Crippen LogP contribution in [0.1, 0.15) is 34.9 Å². The molecule has 0 radical (unpaired) electrons. The van der Waals surface area contributed by atoms with Gasteiger partial charge in [-0.3, -0.25) is 10.1 Å². The first kappa shape index (κ1) is 20.1. The number of nitriles is 1. The summed E-state index contributed by atoms with van der Waals surface area (Å²) < 4.78 is 5.11. The van der Waals surface area contributed by atoms with Crippen LogP contribution in [0.3, 0.4) is 0 Å². The molecule has 0 saturated carbocycles. The van der Waals surface area contributed by atoms with Crippen molar-refractivity contribution in [2.75, 3.05) is 12.4 Å². The van der Waals surface area contributed by atoms with E-state index in [1.54, 1.807) is 24.5 Å². The molecule has 144 valence electrons. The molecule has 28 heavy (non-hydrogen) atoms. The predicted molar refractivity (Wildman–Crippen MR) is 117 cm³/mol. The molecule has 0 unspecified atom stereocenters. The summed E-state index contributed by atoms with van der Waals surface area (Å²) in [5, 5.41) is 16.1. The first-order valence-corrected chi connectivity index (χ1v) is 10.2. The highest BCUT2D eigenvalue weighted by molar-refractivity contribution is 7.80. The Morgan fingerprint density at radius 2 is 2.14 bits per heavy atom. The van der Waals surface area contributed by atoms with Gasteiger partial charge in [-0.2, -0.15) is 5.26 Å². The number of fused-ring (bicyclic) bond motifs is 1. The lowest BCUT2D eigenvalue weighted by molar-refractivity contribution is -0.115. The van der Waals surface area contributed by atoms with Crippen LogP contribution in [0.4, 0.5) is 5.00 Å². The zero-order chi connectivity index (χ0) is 20.1. The molecule has 1 atom stereocenters. The largest absolute Gasteiger partial charge is 0.497 e. The van der Waals surface area contributed by atoms with Crippen molar-refractivity contribution in [3.8, 4) is 11.8 Å². The van der Waals surface area contributed by atoms with E-state index in [2.05, 4.69) is 23.6 Å². The van der Waals surface area contributed by atoms with Crippen molar-refractivity contribution in [1.29, 1.82) is 5.26 Å². The molecule has 2 N–H and O–H groups in total. The molecule has 0 fully saturated rings. The molecule has 3 rings (SSSR count). The number of amides is 1. The molecular weight excluding hydrogens is 390 g/mol. The van der Waals surface area contributed by atoms with Crippen molar-refractivity contribution in [3.05, 3.63) is 51.9 Å². The highest BCUT2D eigenvalue weighted by atomic mass is 32.1. The minimum atomic E-state index is -0.332. The third-order valence-electron chi connectivity index (χ3n) is 4.63. The first-order chi connectivity index (χ1) is 13.5. The van der Waals surface area contributed by atoms with E-state index in [1.807, 2.05) is 24.3 Å². The molecule has 5 nitrogen and oxygen atoms in total. The van der Waals surface area contributed by atoms with E-state index in [0.29, 0.717) is 16.5 Å². The molecule has 7 heteroatoms. The number of nitrogens with one attached hydrogen (secondary N) is 2. The van der Waals surface area contributed by atoms with Crippen LogP contribution >= 0.6 is 23.6 Å². The van der Waals surface area contributed by atoms with Gasteiger partial charge in [0.2, 0.25) is 5.91 Å². The number of thiophene rings is 1. The Kier molecular flexibility index (Phi) is 6.45. The van der Waals surface area contributed by atoms with E-state index < -0.39 is 0 Å². The number of benzene rings is 1. The zero-order valence-corrected chi connectivity index (χ0v) is 17.4. The Hall–Kier alpha value is -2.69. The number of hydrogen-bond donors (Lipinski definition) is 2. The number of hydrogen-bond acceptors (Lipinski definition) is 5. The van der Waals surface area contributed by atoms with Crippen LogP contribution in [0.2, 0.25) is 0 Å². The summed E-state index contributed by atoms with van der Waals surface area (Å²) in [5.41, 5.74) is 2.65. The summed E-state index contributed by atoms with van der Waals surface area (Å²) in [6, 6.07) is 9.65. The lowest BCUT2D eigenvalue weighted by Gasteiger charge is -2.17. The fourth-order valence-electron chi connectivity index (χ4n) is 3.13. The summed E-state index contributed by atoms with van der Waals surface area (Å²) >= 11 is 6.81. The number of thiocarbonyl (C=S) groups is 1. The molecule has 0 bridgehead atoms. The molecule has 2 aromatic rings. The second-order valence-corrected chi connectivity index (χ2v) is 8.23. The van der Waals surface area contributed by atoms with E-state index in [-0.39, 0.29) is 11.0 Å². The maximum Gasteiger partial charge on any atom is 0.250 e. The van der Waals surface area contributed by atoms with Crippen LogP contribution in [0.5, 0.6) is 5.75 Å². The lowest BCUT2D eigenvalue weighted by Crippen LogP contribution is -2.32. The number of methoxy groups -OCH3 is 1. The van der Waals surface area contributed by atoms with Gasteiger partial charge in [-0.1, -0.05) is 19.1 Å². The van der Waals surface area contributed by atoms with Crippen molar-refractivity contribution >= 4 is 45.7 Å². The number of rotatable bonds is 4. The molecule has 1 aliphatic rings. The Balaban J connectivity index is 1.61. The third-order valence-corrected chi connectivity index (χ3v) is 6.00. The standard InChI is InChI=1S/C21H21N3O2S2/c1-13-3-9-16-17(12-22)20(28-18(16)11-13)24-21(27)23-19(25)10-6-14-4-7-15(26-2)8-5-14/h4-8,10,13H,3,9,11H2,1-2H3,(H2,23,24,25,27)/b10-6+/t13-/m1/s1. The second-order valence-electron chi connectivity index (χ2n) is 6.72. The Labute approximate surface area is 174 Å². The quantitative estimate of drug-likeness (QED) is 0.580. The van der Waals surface area contributed by atoms with Gasteiger partial charge in [-0.05, 0) is 66.7 Å². The smallest absolute Gasteiger partial charge is 0.250 e. The molecule has 0 aliphatic heterocycles. The molecule has 1 amide bonds. The number of ether oxygens (including phenoxy) is 1. The van der Waals surface area contributed by atoms with Crippen LogP contribution in [0.15, 0.2) is 30.3 Å². The van der Waals surface area contributed by atoms with Crippen molar-refractivity contribution in [2.45, 2.75) is 26.2 Å². The van der Waals surface area contributed by atoms with Crippen molar-refractivity contribution in [2.24, 2.45) is 5.92 Å². The van der Waals surface area contributed by atoms with Crippen molar-refractivity contribution in [3.63, 3.8) is 0 Å². The van der Waals surface area contributed by atoms with Crippen molar-refractivity contribution in [1.82, 2.24) is 5.32 Å². The van der Waals surface area contributed by atoms with Gasteiger partial charge in [0.05, 0.1) is 12.7 Å². The summed E-state index contributed by atoms with van der Waals surface area (Å²) in [5.74, 6) is 1.05. The minimum Gasteiger partial charge on any atom is -0.497 e. The van der Waals surface area contributed by atoms with Gasteiger partial charge in [-0.15, -0.1) is 11.3 Å². The number of anilines is 1. The van der Waals surface area contributed by atoms with Gasteiger partial charge in [0.25, 0.3) is 0 Å². The van der Waals surface area contributed by atoms with Gasteiger partial charge in [0, 0.05) is 11.0 Å². The SMILES string of the molecule is COc1ccc(/C=C/C(=O)NC(=S)Nc2sc3c(c2C#N)CC[C@@H](C)C3)cc1. The maximum atomic E-state index is 12.1. The average Bonchev–Trinajstić information content (AvgIpc) is 3.02. The summed E-state index contributed by atoms with van der Waals surface area (Å²) in [7, 11) is 1.61. The van der Waals surface area contributed by atoms with Gasteiger partial charge in [-0.25, -0.2) is 0 Å². The number of carbonyl (C=O) groups excluding carboxylic acids is 1. The van der Waals surface area contributed by atoms with Crippen LogP contribution in [-0.2, 0) is 17.6 Å². The van der Waals surface area contributed by atoms with Crippen LogP contribution in [0, 0.1) is 17.2 Å². The van der Waals surface area contributed by atoms with Gasteiger partial charge in [0.1, 0.15) is 16.8 Å². The molecule has 1 heterocycles. The predicted octanol–water partition coefficient (Wildman–Crippen LogP) is 4.28.